The van der Waals surface area contributed by atoms with Crippen molar-refractivity contribution in [1.29, 1.82) is 0 Å². The first kappa shape index (κ1) is 15.4. The average molecular weight is 292 g/mol. The van der Waals surface area contributed by atoms with Crippen molar-refractivity contribution in [1.82, 2.24) is 5.32 Å². The highest BCUT2D eigenvalue weighted by Crippen LogP contribution is 2.19. The molecule has 0 radical (unpaired) electrons. The van der Waals surface area contributed by atoms with Gasteiger partial charge >= 0.3 is 5.97 Å². The van der Waals surface area contributed by atoms with Crippen LogP contribution in [0.4, 0.5) is 8.78 Å². The predicted octanol–water partition coefficient (Wildman–Crippen LogP) is 2.30. The maximum absolute atomic E-state index is 13.0. The number of amides is 1. The topological polar surface area (TPSA) is 55.4 Å². The van der Waals surface area contributed by atoms with Crippen LogP contribution < -0.4 is 5.32 Å². The van der Waals surface area contributed by atoms with E-state index in [9.17, 15) is 18.4 Å². The van der Waals surface area contributed by atoms with Crippen LogP contribution >= 0.6 is 11.6 Å². The second kappa shape index (κ2) is 7.04. The number of hydrogen-bond donors (Lipinski definition) is 1. The molecule has 0 aliphatic heterocycles. The van der Waals surface area contributed by atoms with Crippen molar-refractivity contribution >= 4 is 23.5 Å². The fourth-order valence-electron chi connectivity index (χ4n) is 1.33. The van der Waals surface area contributed by atoms with Crippen LogP contribution in [-0.4, -0.2) is 25.5 Å². The maximum Gasteiger partial charge on any atom is 0.305 e. The van der Waals surface area contributed by atoms with Crippen molar-refractivity contribution in [3.05, 3.63) is 34.4 Å². The molecule has 0 heterocycles. The third kappa shape index (κ3) is 4.48. The molecule has 4 nitrogen and oxygen atoms in total. The van der Waals surface area contributed by atoms with Gasteiger partial charge in [-0.05, 0) is 18.6 Å². The van der Waals surface area contributed by atoms with Crippen molar-refractivity contribution in [2.75, 3.05) is 13.7 Å². The highest BCUT2D eigenvalue weighted by molar-refractivity contribution is 6.33. The minimum absolute atomic E-state index is 0.154. The number of esters is 1. The molecule has 0 aliphatic carbocycles. The smallest absolute Gasteiger partial charge is 0.305 e. The summed E-state index contributed by atoms with van der Waals surface area (Å²) in [5, 5.41) is 2.27. The summed E-state index contributed by atoms with van der Waals surface area (Å²) in [5.74, 6) is -3.29. The number of halogens is 3. The number of methoxy groups -OCH3 is 1. The number of carbonyl (C=O) groups excluding carboxylic acids is 2. The van der Waals surface area contributed by atoms with Crippen molar-refractivity contribution < 1.29 is 23.1 Å². The Morgan fingerprint density at radius 3 is 2.58 bits per heavy atom. The second-order valence-corrected chi connectivity index (χ2v) is 4.09. The van der Waals surface area contributed by atoms with E-state index < -0.39 is 17.5 Å². The summed E-state index contributed by atoms with van der Waals surface area (Å²) in [6.45, 7) is 0.198. The van der Waals surface area contributed by atoms with E-state index in [4.69, 9.17) is 11.6 Å². The van der Waals surface area contributed by atoms with E-state index in [0.717, 1.165) is 12.1 Å². The Hall–Kier alpha value is -1.69. The summed E-state index contributed by atoms with van der Waals surface area (Å²) in [5.41, 5.74) is -0.154. The number of ether oxygens (including phenoxy) is 1. The van der Waals surface area contributed by atoms with Gasteiger partial charge in [-0.2, -0.15) is 0 Å². The summed E-state index contributed by atoms with van der Waals surface area (Å²) in [6.07, 6.45) is 0.530. The SMILES string of the molecule is COC(=O)CCCNC(=O)c1cc(F)c(F)cc1Cl. The van der Waals surface area contributed by atoms with E-state index in [2.05, 4.69) is 10.1 Å². The Morgan fingerprint density at radius 2 is 1.95 bits per heavy atom. The summed E-state index contributed by atoms with van der Waals surface area (Å²) in [7, 11) is 1.27. The molecule has 0 aromatic heterocycles. The van der Waals surface area contributed by atoms with E-state index in [1.807, 2.05) is 0 Å². The van der Waals surface area contributed by atoms with Gasteiger partial charge in [0.15, 0.2) is 11.6 Å². The molecule has 0 fully saturated rings. The van der Waals surface area contributed by atoms with Crippen LogP contribution in [0.25, 0.3) is 0 Å². The number of hydrogen-bond acceptors (Lipinski definition) is 3. The van der Waals surface area contributed by atoms with Gasteiger partial charge in [0.05, 0.1) is 17.7 Å². The molecule has 1 N–H and O–H groups in total. The molecule has 1 amide bonds. The second-order valence-electron chi connectivity index (χ2n) is 3.68. The molecular weight excluding hydrogens is 280 g/mol. The largest absolute Gasteiger partial charge is 0.469 e. The maximum atomic E-state index is 13.0. The molecule has 0 spiro atoms. The van der Waals surface area contributed by atoms with Crippen LogP contribution in [0.15, 0.2) is 12.1 Å². The summed E-state index contributed by atoms with van der Waals surface area (Å²) in [6, 6.07) is 1.47. The van der Waals surface area contributed by atoms with Crippen LogP contribution in [0.3, 0.4) is 0 Å². The van der Waals surface area contributed by atoms with E-state index >= 15 is 0 Å². The van der Waals surface area contributed by atoms with Crippen LogP contribution in [0.5, 0.6) is 0 Å². The quantitative estimate of drug-likeness (QED) is 0.514. The number of carbonyl (C=O) groups is 2. The molecule has 19 heavy (non-hydrogen) atoms. The lowest BCUT2D eigenvalue weighted by molar-refractivity contribution is -0.140. The predicted molar refractivity (Wildman–Crippen MR) is 65.0 cm³/mol. The zero-order valence-electron chi connectivity index (χ0n) is 10.1. The Balaban J connectivity index is 2.55. The van der Waals surface area contributed by atoms with E-state index in [-0.39, 0.29) is 29.5 Å². The van der Waals surface area contributed by atoms with Gasteiger partial charge in [-0.3, -0.25) is 9.59 Å². The van der Waals surface area contributed by atoms with Gasteiger partial charge in [-0.25, -0.2) is 8.78 Å². The van der Waals surface area contributed by atoms with E-state index in [1.165, 1.54) is 7.11 Å². The number of nitrogens with one attached hydrogen (secondary N) is 1. The normalized spacial score (nSPS) is 10.1. The highest BCUT2D eigenvalue weighted by Gasteiger charge is 2.14. The van der Waals surface area contributed by atoms with Crippen molar-refractivity contribution in [2.24, 2.45) is 0 Å². The molecule has 1 aromatic carbocycles. The molecule has 7 heteroatoms. The molecule has 0 atom stereocenters. The van der Waals surface area contributed by atoms with Gasteiger partial charge in [-0.15, -0.1) is 0 Å². The lowest BCUT2D eigenvalue weighted by atomic mass is 10.2. The molecule has 0 saturated carbocycles. The molecule has 0 aliphatic rings. The highest BCUT2D eigenvalue weighted by atomic mass is 35.5. The molecule has 0 unspecified atom stereocenters. The summed E-state index contributed by atoms with van der Waals surface area (Å²) in [4.78, 5) is 22.5. The van der Waals surface area contributed by atoms with Crippen molar-refractivity contribution in [3.8, 4) is 0 Å². The van der Waals surface area contributed by atoms with Gasteiger partial charge in [0.1, 0.15) is 0 Å². The van der Waals surface area contributed by atoms with Gasteiger partial charge in [-0.1, -0.05) is 11.6 Å². The Morgan fingerprint density at radius 1 is 1.32 bits per heavy atom. The molecule has 1 rings (SSSR count). The van der Waals surface area contributed by atoms with Gasteiger partial charge in [0.25, 0.3) is 5.91 Å². The standard InChI is InChI=1S/C12H12ClF2NO3/c1-19-11(17)3-2-4-16-12(18)7-5-9(14)10(15)6-8(7)13/h5-6H,2-4H2,1H3,(H,16,18). The Kier molecular flexibility index (Phi) is 5.69. The molecule has 0 bridgehead atoms. The van der Waals surface area contributed by atoms with Crippen LogP contribution in [0.2, 0.25) is 5.02 Å². The van der Waals surface area contributed by atoms with E-state index in [1.54, 1.807) is 0 Å². The molecule has 0 saturated heterocycles. The third-order valence-corrected chi connectivity index (χ3v) is 2.64. The third-order valence-electron chi connectivity index (χ3n) is 2.33. The fraction of sp³-hybridized carbons (Fsp3) is 0.333. The first-order valence-corrected chi connectivity index (χ1v) is 5.83. The van der Waals surface area contributed by atoms with Gasteiger partial charge in [0, 0.05) is 13.0 Å². The average Bonchev–Trinajstić information content (AvgIpc) is 2.38. The Labute approximate surface area is 113 Å². The zero-order valence-corrected chi connectivity index (χ0v) is 10.9. The van der Waals surface area contributed by atoms with Gasteiger partial charge < -0.3 is 10.1 Å². The molecule has 104 valence electrons. The van der Waals surface area contributed by atoms with Crippen LogP contribution in [-0.2, 0) is 9.53 Å². The lowest BCUT2D eigenvalue weighted by Crippen LogP contribution is -2.25. The van der Waals surface area contributed by atoms with E-state index in [0.29, 0.717) is 6.42 Å². The minimum atomic E-state index is -1.15. The monoisotopic (exact) mass is 291 g/mol. The first-order chi connectivity index (χ1) is 8.95. The summed E-state index contributed by atoms with van der Waals surface area (Å²) < 4.78 is 30.2. The zero-order chi connectivity index (χ0) is 14.4. The fourth-order valence-corrected chi connectivity index (χ4v) is 1.56. The Bertz CT molecular complexity index is 494. The van der Waals surface area contributed by atoms with Gasteiger partial charge in [0.2, 0.25) is 0 Å². The van der Waals surface area contributed by atoms with Crippen molar-refractivity contribution in [3.63, 3.8) is 0 Å². The molecular formula is C12H12ClF2NO3. The number of rotatable bonds is 5. The van der Waals surface area contributed by atoms with Crippen LogP contribution in [0.1, 0.15) is 23.2 Å². The minimum Gasteiger partial charge on any atom is -0.469 e. The lowest BCUT2D eigenvalue weighted by Gasteiger charge is -2.07. The number of benzene rings is 1. The molecule has 1 aromatic rings. The summed E-state index contributed by atoms with van der Waals surface area (Å²) >= 11 is 5.64. The first-order valence-electron chi connectivity index (χ1n) is 5.45. The van der Waals surface area contributed by atoms with Crippen LogP contribution in [0, 0.1) is 11.6 Å². The van der Waals surface area contributed by atoms with Crippen molar-refractivity contribution in [2.45, 2.75) is 12.8 Å².